The lowest BCUT2D eigenvalue weighted by molar-refractivity contribution is -0.142. The zero-order chi connectivity index (χ0) is 35.3. The second kappa shape index (κ2) is 14.5. The van der Waals surface area contributed by atoms with E-state index in [2.05, 4.69) is 0 Å². The molecule has 1 N–H and O–H groups in total. The summed E-state index contributed by atoms with van der Waals surface area (Å²) in [5.74, 6) is -3.55. The molecule has 2 saturated heterocycles. The highest BCUT2D eigenvalue weighted by Gasteiger charge is 2.43. The van der Waals surface area contributed by atoms with Gasteiger partial charge in [-0.1, -0.05) is 97.1 Å². The Bertz CT molecular complexity index is 1800. The monoisotopic (exact) mass is 661 g/mol. The van der Waals surface area contributed by atoms with Gasteiger partial charge in [-0.15, -0.1) is 0 Å². The summed E-state index contributed by atoms with van der Waals surface area (Å²) in [6, 6.07) is 36.8. The fourth-order valence-electron chi connectivity index (χ4n) is 6.23. The second-order valence-corrected chi connectivity index (χ2v) is 13.3. The minimum absolute atomic E-state index is 0.0980. The SMILES string of the molecule is CC(C#N)C(=O)C(C)(C)c1cccc(C2(c3ccccc3)OCCO2)c1.CC(C)(C(=O)O)c1cccc(C2(c3ccccc3)OCCO2)c1. The van der Waals surface area contributed by atoms with Crippen molar-refractivity contribution in [3.8, 4) is 6.07 Å². The third-order valence-electron chi connectivity index (χ3n) is 9.36. The first-order valence-electron chi connectivity index (χ1n) is 16.4. The number of Topliss-reactive ketones (excluding diaryl/α,β-unsaturated/α-hetero) is 1. The Morgan fingerprint density at radius 2 is 1.00 bits per heavy atom. The molecule has 0 radical (unpaired) electrons. The maximum atomic E-state index is 12.7. The highest BCUT2D eigenvalue weighted by molar-refractivity contribution is 5.92. The van der Waals surface area contributed by atoms with Gasteiger partial charge in [-0.25, -0.2) is 0 Å². The number of ether oxygens (including phenoxy) is 4. The van der Waals surface area contributed by atoms with E-state index < -0.39 is 34.3 Å². The molecule has 0 spiro atoms. The lowest BCUT2D eigenvalue weighted by atomic mass is 9.75. The average molecular weight is 662 g/mol. The van der Waals surface area contributed by atoms with Crippen molar-refractivity contribution >= 4 is 11.8 Å². The van der Waals surface area contributed by atoms with Gasteiger partial charge in [0, 0.05) is 27.7 Å². The van der Waals surface area contributed by atoms with Crippen LogP contribution in [0.5, 0.6) is 0 Å². The molecule has 8 nitrogen and oxygen atoms in total. The molecule has 2 aliphatic heterocycles. The molecule has 6 rings (SSSR count). The van der Waals surface area contributed by atoms with E-state index >= 15 is 0 Å². The summed E-state index contributed by atoms with van der Waals surface area (Å²) in [5.41, 5.74) is 3.30. The highest BCUT2D eigenvalue weighted by atomic mass is 16.7. The number of rotatable bonds is 9. The molecule has 0 amide bonds. The van der Waals surface area contributed by atoms with Crippen LogP contribution in [-0.2, 0) is 50.9 Å². The molecule has 254 valence electrons. The van der Waals surface area contributed by atoms with Crippen LogP contribution in [0, 0.1) is 17.2 Å². The zero-order valence-corrected chi connectivity index (χ0v) is 28.6. The van der Waals surface area contributed by atoms with Gasteiger partial charge < -0.3 is 24.1 Å². The Kier molecular flexibility index (Phi) is 10.5. The van der Waals surface area contributed by atoms with E-state index in [-0.39, 0.29) is 5.78 Å². The third kappa shape index (κ3) is 6.94. The van der Waals surface area contributed by atoms with Gasteiger partial charge in [0.2, 0.25) is 11.6 Å². The molecule has 2 heterocycles. The van der Waals surface area contributed by atoms with E-state index in [1.54, 1.807) is 20.8 Å². The van der Waals surface area contributed by atoms with Gasteiger partial charge in [0.05, 0.1) is 37.9 Å². The molecule has 49 heavy (non-hydrogen) atoms. The summed E-state index contributed by atoms with van der Waals surface area (Å²) in [6.45, 7) is 10.8. The third-order valence-corrected chi connectivity index (χ3v) is 9.36. The fourth-order valence-corrected chi connectivity index (χ4v) is 6.23. The summed E-state index contributed by atoms with van der Waals surface area (Å²) in [5, 5.41) is 18.6. The summed E-state index contributed by atoms with van der Waals surface area (Å²) >= 11 is 0. The summed E-state index contributed by atoms with van der Waals surface area (Å²) < 4.78 is 24.0. The molecule has 1 atom stereocenters. The van der Waals surface area contributed by atoms with Crippen molar-refractivity contribution in [3.05, 3.63) is 143 Å². The Hall–Kier alpha value is -4.65. The molecule has 0 aromatic heterocycles. The molecule has 0 aliphatic carbocycles. The zero-order valence-electron chi connectivity index (χ0n) is 28.6. The minimum Gasteiger partial charge on any atom is -0.481 e. The van der Waals surface area contributed by atoms with Crippen molar-refractivity contribution in [2.75, 3.05) is 26.4 Å². The number of hydrogen-bond acceptors (Lipinski definition) is 7. The Morgan fingerprint density at radius 1 is 0.633 bits per heavy atom. The summed E-state index contributed by atoms with van der Waals surface area (Å²) in [6.07, 6.45) is 0. The predicted octanol–water partition coefficient (Wildman–Crippen LogP) is 7.24. The number of carbonyl (C=O) groups is 2. The first-order valence-corrected chi connectivity index (χ1v) is 16.4. The molecule has 4 aromatic carbocycles. The molecule has 0 saturated carbocycles. The van der Waals surface area contributed by atoms with E-state index in [0.717, 1.165) is 33.4 Å². The van der Waals surface area contributed by atoms with Crippen LogP contribution in [0.3, 0.4) is 0 Å². The van der Waals surface area contributed by atoms with Gasteiger partial charge in [-0.2, -0.15) is 5.26 Å². The normalized spacial score (nSPS) is 17.3. The van der Waals surface area contributed by atoms with Gasteiger partial charge in [0.15, 0.2) is 5.78 Å². The molecule has 1 unspecified atom stereocenters. The Labute approximate surface area is 288 Å². The van der Waals surface area contributed by atoms with Gasteiger partial charge in [-0.05, 0) is 57.9 Å². The quantitative estimate of drug-likeness (QED) is 0.200. The second-order valence-electron chi connectivity index (χ2n) is 13.3. The van der Waals surface area contributed by atoms with E-state index in [4.69, 9.17) is 24.2 Å². The first-order chi connectivity index (χ1) is 23.4. The van der Waals surface area contributed by atoms with E-state index in [1.807, 2.05) is 129 Å². The molecule has 4 aromatic rings. The minimum atomic E-state index is -0.980. The summed E-state index contributed by atoms with van der Waals surface area (Å²) in [7, 11) is 0. The maximum Gasteiger partial charge on any atom is 0.313 e. The van der Waals surface area contributed by atoms with Crippen LogP contribution >= 0.6 is 0 Å². The van der Waals surface area contributed by atoms with E-state index in [1.165, 1.54) is 0 Å². The molecule has 2 aliphatic rings. The fraction of sp³-hybridized carbons (Fsp3) is 0.341. The van der Waals surface area contributed by atoms with Gasteiger partial charge in [0.25, 0.3) is 0 Å². The smallest absolute Gasteiger partial charge is 0.313 e. The van der Waals surface area contributed by atoms with Crippen LogP contribution in [0.15, 0.2) is 109 Å². The van der Waals surface area contributed by atoms with Crippen LogP contribution in [-0.4, -0.2) is 43.3 Å². The molecule has 8 heteroatoms. The number of carbonyl (C=O) groups excluding carboxylic acids is 1. The van der Waals surface area contributed by atoms with Crippen molar-refractivity contribution < 1.29 is 33.6 Å². The number of benzene rings is 4. The van der Waals surface area contributed by atoms with Crippen molar-refractivity contribution in [2.24, 2.45) is 5.92 Å². The predicted molar refractivity (Wildman–Crippen MR) is 185 cm³/mol. The number of aliphatic carboxylic acids is 1. The van der Waals surface area contributed by atoms with Crippen molar-refractivity contribution in [1.29, 1.82) is 5.26 Å². The Morgan fingerprint density at radius 3 is 1.37 bits per heavy atom. The molecular formula is C41H43NO7. The number of nitrogens with zero attached hydrogens (tertiary/aromatic N) is 1. The van der Waals surface area contributed by atoms with Gasteiger partial charge in [-0.3, -0.25) is 9.59 Å². The van der Waals surface area contributed by atoms with Crippen LogP contribution in [0.4, 0.5) is 0 Å². The molecular weight excluding hydrogens is 618 g/mol. The van der Waals surface area contributed by atoms with E-state index in [0.29, 0.717) is 26.4 Å². The van der Waals surface area contributed by atoms with Crippen LogP contribution in [0.1, 0.15) is 68.0 Å². The van der Waals surface area contributed by atoms with Crippen LogP contribution in [0.25, 0.3) is 0 Å². The van der Waals surface area contributed by atoms with Crippen molar-refractivity contribution in [3.63, 3.8) is 0 Å². The summed E-state index contributed by atoms with van der Waals surface area (Å²) in [4.78, 5) is 24.2. The van der Waals surface area contributed by atoms with E-state index in [9.17, 15) is 14.7 Å². The lowest BCUT2D eigenvalue weighted by Crippen LogP contribution is -2.34. The standard InChI is InChI=1S/C22H23NO3.C19H20O4/c1-16(15-23)20(24)21(2,3)18-10-7-11-19(14-18)22(25-12-13-26-22)17-8-5-4-6-9-17;1-18(2,17(20)21)15-9-6-10-16(13-15)19(22-11-12-23-19)14-7-4-3-5-8-14/h4-11,14,16H,12-13H2,1-3H3;3-10,13H,11-12H2,1-2H3,(H,20,21). The first kappa shape index (κ1) is 35.7. The number of nitriles is 1. The molecule has 0 bridgehead atoms. The largest absolute Gasteiger partial charge is 0.481 e. The average Bonchev–Trinajstić information content (AvgIpc) is 3.85. The maximum absolute atomic E-state index is 12.7. The number of ketones is 1. The number of carboxylic acids is 1. The highest BCUT2D eigenvalue weighted by Crippen LogP contribution is 2.41. The lowest BCUT2D eigenvalue weighted by Gasteiger charge is -2.31. The van der Waals surface area contributed by atoms with Gasteiger partial charge in [0.1, 0.15) is 5.92 Å². The van der Waals surface area contributed by atoms with Crippen molar-refractivity contribution in [2.45, 2.75) is 57.0 Å². The van der Waals surface area contributed by atoms with Crippen LogP contribution in [0.2, 0.25) is 0 Å². The topological polar surface area (TPSA) is 115 Å². The number of hydrogen-bond donors (Lipinski definition) is 1. The number of carboxylic acid groups (broad SMARTS) is 1. The Balaban J connectivity index is 0.000000192. The molecule has 2 fully saturated rings. The van der Waals surface area contributed by atoms with Gasteiger partial charge >= 0.3 is 5.97 Å². The van der Waals surface area contributed by atoms with Crippen molar-refractivity contribution in [1.82, 2.24) is 0 Å². The van der Waals surface area contributed by atoms with Crippen LogP contribution < -0.4 is 0 Å².